The van der Waals surface area contributed by atoms with Crippen molar-refractivity contribution in [3.63, 3.8) is 0 Å². The van der Waals surface area contributed by atoms with Crippen LogP contribution in [0.1, 0.15) is 19.4 Å². The quantitative estimate of drug-likeness (QED) is 0.740. The molecular formula is C19H23ClN6O. The van der Waals surface area contributed by atoms with E-state index in [1.165, 1.54) is 0 Å². The van der Waals surface area contributed by atoms with E-state index in [4.69, 9.17) is 26.3 Å². The fourth-order valence-electron chi connectivity index (χ4n) is 3.48. The Kier molecular flexibility index (Phi) is 4.65. The first-order chi connectivity index (χ1) is 12.9. The highest BCUT2D eigenvalue weighted by atomic mass is 35.5. The molecule has 1 N–H and O–H groups in total. The summed E-state index contributed by atoms with van der Waals surface area (Å²) >= 11 is 6.09. The van der Waals surface area contributed by atoms with Crippen molar-refractivity contribution < 1.29 is 4.74 Å². The third-order valence-corrected chi connectivity index (χ3v) is 4.96. The maximum absolute atomic E-state index is 6.09. The molecule has 4 rings (SSSR count). The average Bonchev–Trinajstić information content (AvgIpc) is 2.98. The second-order valence-corrected chi connectivity index (χ2v) is 7.56. The van der Waals surface area contributed by atoms with Gasteiger partial charge in [0.25, 0.3) is 0 Å². The van der Waals surface area contributed by atoms with Gasteiger partial charge in [-0.3, -0.25) is 4.68 Å². The Labute approximate surface area is 163 Å². The van der Waals surface area contributed by atoms with Gasteiger partial charge in [-0.25, -0.2) is 0 Å². The molecule has 2 aromatic heterocycles. The van der Waals surface area contributed by atoms with Gasteiger partial charge in [0.05, 0.1) is 23.8 Å². The molecule has 3 aromatic rings. The summed E-state index contributed by atoms with van der Waals surface area (Å²) in [5.41, 5.74) is 2.80. The summed E-state index contributed by atoms with van der Waals surface area (Å²) < 4.78 is 7.62. The van der Waals surface area contributed by atoms with Gasteiger partial charge in [0.15, 0.2) is 5.65 Å². The Bertz CT molecular complexity index is 978. The van der Waals surface area contributed by atoms with E-state index in [2.05, 4.69) is 29.2 Å². The monoisotopic (exact) mass is 386 g/mol. The fraction of sp³-hybridized carbons (Fsp3) is 0.421. The number of anilines is 3. The topological polar surface area (TPSA) is 68.1 Å². The number of aryl methyl sites for hydroxylation is 2. The van der Waals surface area contributed by atoms with Crippen molar-refractivity contribution in [2.75, 3.05) is 23.3 Å². The van der Waals surface area contributed by atoms with Crippen LogP contribution >= 0.6 is 11.6 Å². The van der Waals surface area contributed by atoms with Crippen molar-refractivity contribution >= 4 is 40.1 Å². The second-order valence-electron chi connectivity index (χ2n) is 7.12. The largest absolute Gasteiger partial charge is 0.372 e. The molecule has 0 amide bonds. The fourth-order valence-corrected chi connectivity index (χ4v) is 3.71. The molecular weight excluding hydrogens is 364 g/mol. The average molecular weight is 387 g/mol. The summed E-state index contributed by atoms with van der Waals surface area (Å²) in [4.78, 5) is 11.8. The number of aromatic nitrogens is 4. The van der Waals surface area contributed by atoms with Gasteiger partial charge in [0.2, 0.25) is 5.95 Å². The van der Waals surface area contributed by atoms with Gasteiger partial charge in [0, 0.05) is 30.8 Å². The van der Waals surface area contributed by atoms with Crippen molar-refractivity contribution in [1.82, 2.24) is 19.7 Å². The highest BCUT2D eigenvalue weighted by Crippen LogP contribution is 2.29. The third-order valence-electron chi connectivity index (χ3n) is 4.72. The number of benzene rings is 1. The molecule has 0 unspecified atom stereocenters. The first-order valence-electron chi connectivity index (χ1n) is 9.04. The van der Waals surface area contributed by atoms with Crippen LogP contribution in [0.25, 0.3) is 11.0 Å². The maximum atomic E-state index is 6.09. The van der Waals surface area contributed by atoms with E-state index in [0.29, 0.717) is 11.0 Å². The van der Waals surface area contributed by atoms with Crippen LogP contribution < -0.4 is 10.2 Å². The molecule has 1 aliphatic rings. The number of fused-ring (bicyclic) bond motifs is 1. The van der Waals surface area contributed by atoms with Gasteiger partial charge in [0.1, 0.15) is 5.82 Å². The normalized spacial score (nSPS) is 20.3. The molecule has 0 aliphatic carbocycles. The molecule has 27 heavy (non-hydrogen) atoms. The maximum Gasteiger partial charge on any atom is 0.229 e. The lowest BCUT2D eigenvalue weighted by atomic mass is 10.2. The Balaban J connectivity index is 1.77. The summed E-state index contributed by atoms with van der Waals surface area (Å²) in [6.45, 7) is 7.67. The molecule has 0 saturated carbocycles. The van der Waals surface area contributed by atoms with Gasteiger partial charge in [-0.05, 0) is 44.5 Å². The van der Waals surface area contributed by atoms with Crippen LogP contribution in [-0.2, 0) is 11.8 Å². The zero-order valence-electron chi connectivity index (χ0n) is 15.9. The minimum absolute atomic E-state index is 0.134. The number of morpholine rings is 1. The van der Waals surface area contributed by atoms with Crippen molar-refractivity contribution in [2.45, 2.75) is 33.0 Å². The van der Waals surface area contributed by atoms with Crippen molar-refractivity contribution in [3.8, 4) is 0 Å². The van der Waals surface area contributed by atoms with Gasteiger partial charge in [-0.15, -0.1) is 0 Å². The zero-order chi connectivity index (χ0) is 19.1. The molecule has 2 atom stereocenters. The van der Waals surface area contributed by atoms with Gasteiger partial charge in [-0.1, -0.05) is 11.6 Å². The van der Waals surface area contributed by atoms with Crippen LogP contribution in [0.15, 0.2) is 24.4 Å². The van der Waals surface area contributed by atoms with Crippen molar-refractivity contribution in [2.24, 2.45) is 7.05 Å². The Morgan fingerprint density at radius 3 is 2.63 bits per heavy atom. The van der Waals surface area contributed by atoms with Crippen LogP contribution in [-0.4, -0.2) is 45.0 Å². The summed E-state index contributed by atoms with van der Waals surface area (Å²) in [5.74, 6) is 1.42. The standard InChI is InChI=1S/C19H23ClN6O/c1-11-7-14(20)5-6-16(11)22-17-15-8-21-25(4)18(15)24-19(23-17)26-9-12(2)27-13(3)10-26/h5-8,12-13H,9-10H2,1-4H3,(H,22,23,24)/t12-,13+. The molecule has 0 radical (unpaired) electrons. The van der Waals surface area contributed by atoms with Crippen LogP contribution in [0.2, 0.25) is 5.02 Å². The SMILES string of the molecule is Cc1cc(Cl)ccc1Nc1nc(N2C[C@@H](C)O[C@@H](C)C2)nc2c1cnn2C. The number of nitrogens with zero attached hydrogens (tertiary/aromatic N) is 5. The minimum Gasteiger partial charge on any atom is -0.372 e. The van der Waals surface area contributed by atoms with E-state index in [1.807, 2.05) is 32.2 Å². The highest BCUT2D eigenvalue weighted by molar-refractivity contribution is 6.30. The highest BCUT2D eigenvalue weighted by Gasteiger charge is 2.25. The van der Waals surface area contributed by atoms with Gasteiger partial charge < -0.3 is 15.0 Å². The Hall–Kier alpha value is -2.38. The Morgan fingerprint density at radius 1 is 1.19 bits per heavy atom. The van der Waals surface area contributed by atoms with Crippen LogP contribution in [0.3, 0.4) is 0 Å². The lowest BCUT2D eigenvalue weighted by molar-refractivity contribution is -0.00569. The van der Waals surface area contributed by atoms with E-state index in [9.17, 15) is 0 Å². The predicted molar refractivity (Wildman–Crippen MR) is 108 cm³/mol. The molecule has 1 aromatic carbocycles. The first kappa shape index (κ1) is 18.0. The Morgan fingerprint density at radius 2 is 1.93 bits per heavy atom. The lowest BCUT2D eigenvalue weighted by Gasteiger charge is -2.35. The molecule has 0 spiro atoms. The third kappa shape index (κ3) is 3.57. The predicted octanol–water partition coefficient (Wildman–Crippen LogP) is 3.68. The molecule has 7 nitrogen and oxygen atoms in total. The number of rotatable bonds is 3. The smallest absolute Gasteiger partial charge is 0.229 e. The lowest BCUT2D eigenvalue weighted by Crippen LogP contribution is -2.46. The molecule has 1 aliphatic heterocycles. The van der Waals surface area contributed by atoms with Gasteiger partial charge in [-0.2, -0.15) is 15.1 Å². The molecule has 1 saturated heterocycles. The molecule has 1 fully saturated rings. The first-order valence-corrected chi connectivity index (χ1v) is 9.42. The molecule has 0 bridgehead atoms. The van der Waals surface area contributed by atoms with E-state index < -0.39 is 0 Å². The van der Waals surface area contributed by atoms with Crippen LogP contribution in [0.4, 0.5) is 17.5 Å². The minimum atomic E-state index is 0.134. The summed E-state index contributed by atoms with van der Waals surface area (Å²) in [5, 5.41) is 9.39. The van der Waals surface area contributed by atoms with Crippen LogP contribution in [0.5, 0.6) is 0 Å². The summed E-state index contributed by atoms with van der Waals surface area (Å²) in [6, 6.07) is 5.75. The number of nitrogens with one attached hydrogen (secondary N) is 1. The van der Waals surface area contributed by atoms with E-state index in [-0.39, 0.29) is 12.2 Å². The van der Waals surface area contributed by atoms with Crippen molar-refractivity contribution in [1.29, 1.82) is 0 Å². The number of ether oxygens (including phenoxy) is 1. The van der Waals surface area contributed by atoms with E-state index in [0.717, 1.165) is 41.2 Å². The second kappa shape index (κ2) is 6.98. The van der Waals surface area contributed by atoms with E-state index >= 15 is 0 Å². The number of halogens is 1. The molecule has 142 valence electrons. The van der Waals surface area contributed by atoms with Crippen LogP contribution in [0, 0.1) is 6.92 Å². The molecule has 8 heteroatoms. The van der Waals surface area contributed by atoms with Gasteiger partial charge >= 0.3 is 0 Å². The summed E-state index contributed by atoms with van der Waals surface area (Å²) in [7, 11) is 1.89. The van der Waals surface area contributed by atoms with Crippen molar-refractivity contribution in [3.05, 3.63) is 35.0 Å². The zero-order valence-corrected chi connectivity index (χ0v) is 16.7. The number of hydrogen-bond acceptors (Lipinski definition) is 6. The van der Waals surface area contributed by atoms with E-state index in [1.54, 1.807) is 10.9 Å². The number of hydrogen-bond donors (Lipinski definition) is 1. The summed E-state index contributed by atoms with van der Waals surface area (Å²) in [6.07, 6.45) is 2.06. The molecule has 3 heterocycles.